The summed E-state index contributed by atoms with van der Waals surface area (Å²) in [6.45, 7) is 6.07. The Bertz CT molecular complexity index is 766. The number of nitrogens with zero attached hydrogens (tertiary/aromatic N) is 2. The van der Waals surface area contributed by atoms with E-state index in [9.17, 15) is 5.11 Å². The number of methoxy groups -OCH3 is 1. The van der Waals surface area contributed by atoms with E-state index in [2.05, 4.69) is 22.5 Å². The molecule has 0 aliphatic carbocycles. The zero-order chi connectivity index (χ0) is 16.7. The first-order chi connectivity index (χ1) is 11.7. The molecule has 5 rings (SSSR count). The van der Waals surface area contributed by atoms with Crippen LogP contribution in [0.3, 0.4) is 0 Å². The van der Waals surface area contributed by atoms with E-state index in [4.69, 9.17) is 4.74 Å². The monoisotopic (exact) mass is 404 g/mol. The predicted molar refractivity (Wildman–Crippen MR) is 105 cm³/mol. The van der Waals surface area contributed by atoms with E-state index in [1.807, 2.05) is 24.3 Å². The third kappa shape index (κ3) is 3.21. The van der Waals surface area contributed by atoms with Gasteiger partial charge in [-0.2, -0.15) is 0 Å². The molecule has 2 aromatic rings. The van der Waals surface area contributed by atoms with Gasteiger partial charge in [-0.25, -0.2) is 0 Å². The molecule has 134 valence electrons. The van der Waals surface area contributed by atoms with Gasteiger partial charge in [0.1, 0.15) is 5.75 Å². The molecule has 3 aliphatic rings. The molecule has 0 amide bonds. The van der Waals surface area contributed by atoms with Crippen molar-refractivity contribution in [3.63, 3.8) is 0 Å². The standard InChI is InChI=1S/C20H24N2O2.BrH/c1-3-13-12-22-9-7-14(13)10-19(22)20(23)16-6-8-21-18-5-4-15(24-2)11-17(16)18;/h3-6,8,11,13-14,19-20,23H,1,7,9-10,12H2,2H3;1H/t13-,14-,19-,20+;/m0./s1. The van der Waals surface area contributed by atoms with E-state index in [-0.39, 0.29) is 23.0 Å². The van der Waals surface area contributed by atoms with Crippen molar-refractivity contribution in [1.29, 1.82) is 0 Å². The lowest BCUT2D eigenvalue weighted by Gasteiger charge is -2.50. The summed E-state index contributed by atoms with van der Waals surface area (Å²) in [7, 11) is 1.66. The molecule has 25 heavy (non-hydrogen) atoms. The molecule has 1 aromatic carbocycles. The van der Waals surface area contributed by atoms with E-state index in [1.165, 1.54) is 6.42 Å². The Kier molecular flexibility index (Phi) is 5.46. The van der Waals surface area contributed by atoms with Crippen molar-refractivity contribution in [3.8, 4) is 5.75 Å². The minimum absolute atomic E-state index is 0. The summed E-state index contributed by atoms with van der Waals surface area (Å²) in [6, 6.07) is 7.96. The zero-order valence-electron chi connectivity index (χ0n) is 14.5. The van der Waals surface area contributed by atoms with Gasteiger partial charge in [0, 0.05) is 24.2 Å². The molecule has 0 saturated carbocycles. The molecule has 1 unspecified atom stereocenters. The number of pyridine rings is 1. The molecular weight excluding hydrogens is 380 g/mol. The Balaban J connectivity index is 0.00000182. The van der Waals surface area contributed by atoms with Gasteiger partial charge in [0.2, 0.25) is 0 Å². The van der Waals surface area contributed by atoms with Gasteiger partial charge in [-0.3, -0.25) is 9.88 Å². The van der Waals surface area contributed by atoms with Gasteiger partial charge < -0.3 is 9.84 Å². The minimum Gasteiger partial charge on any atom is -0.497 e. The summed E-state index contributed by atoms with van der Waals surface area (Å²) >= 11 is 0. The molecule has 2 bridgehead atoms. The number of hydrogen-bond acceptors (Lipinski definition) is 4. The van der Waals surface area contributed by atoms with Gasteiger partial charge in [0.05, 0.1) is 18.7 Å². The van der Waals surface area contributed by atoms with Gasteiger partial charge in [0.15, 0.2) is 0 Å². The summed E-state index contributed by atoms with van der Waals surface area (Å²) in [5.74, 6) is 2.01. The van der Waals surface area contributed by atoms with Crippen molar-refractivity contribution in [2.75, 3.05) is 20.2 Å². The fourth-order valence-corrected chi connectivity index (χ4v) is 4.44. The van der Waals surface area contributed by atoms with Crippen LogP contribution in [0.4, 0.5) is 0 Å². The number of rotatable bonds is 4. The van der Waals surface area contributed by atoms with Gasteiger partial charge in [0.25, 0.3) is 0 Å². The van der Waals surface area contributed by atoms with Crippen molar-refractivity contribution in [2.24, 2.45) is 11.8 Å². The van der Waals surface area contributed by atoms with Gasteiger partial charge in [-0.05, 0) is 61.1 Å². The van der Waals surface area contributed by atoms with Crippen LogP contribution in [0, 0.1) is 11.8 Å². The Morgan fingerprint density at radius 2 is 2.24 bits per heavy atom. The number of hydrogen-bond donors (Lipinski definition) is 1. The molecule has 5 atom stereocenters. The lowest BCUT2D eigenvalue weighted by atomic mass is 9.73. The van der Waals surface area contributed by atoms with Crippen LogP contribution in [-0.2, 0) is 0 Å². The topological polar surface area (TPSA) is 45.6 Å². The molecular formula is C20H25BrN2O2. The first-order valence-electron chi connectivity index (χ1n) is 8.68. The van der Waals surface area contributed by atoms with Crippen molar-refractivity contribution in [2.45, 2.75) is 25.0 Å². The highest BCUT2D eigenvalue weighted by Gasteiger charge is 2.42. The Labute approximate surface area is 159 Å². The van der Waals surface area contributed by atoms with E-state index in [1.54, 1.807) is 13.3 Å². The normalized spacial score (nSPS) is 29.0. The summed E-state index contributed by atoms with van der Waals surface area (Å²) in [5, 5.41) is 12.1. The number of ether oxygens (including phenoxy) is 1. The van der Waals surface area contributed by atoms with Crippen molar-refractivity contribution < 1.29 is 9.84 Å². The number of fused-ring (bicyclic) bond motifs is 4. The number of aliphatic hydroxyl groups excluding tert-OH is 1. The molecule has 0 spiro atoms. The van der Waals surface area contributed by atoms with Crippen LogP contribution in [0.2, 0.25) is 0 Å². The first kappa shape index (κ1) is 18.4. The van der Waals surface area contributed by atoms with E-state index < -0.39 is 6.10 Å². The van der Waals surface area contributed by atoms with Crippen molar-refractivity contribution in [3.05, 3.63) is 48.7 Å². The third-order valence-electron chi connectivity index (χ3n) is 5.82. The zero-order valence-corrected chi connectivity index (χ0v) is 16.2. The maximum Gasteiger partial charge on any atom is 0.119 e. The second kappa shape index (κ2) is 7.44. The van der Waals surface area contributed by atoms with Gasteiger partial charge in [-0.15, -0.1) is 23.6 Å². The number of piperidine rings is 3. The SMILES string of the molecule is Br.C=C[C@H]1CN2CC[C@H]1C[C@H]2[C@H](O)c1ccnc2ccc(OC)cc12. The second-order valence-corrected chi connectivity index (χ2v) is 6.97. The Morgan fingerprint density at radius 3 is 2.92 bits per heavy atom. The molecule has 1 aromatic heterocycles. The number of aliphatic hydroxyl groups is 1. The second-order valence-electron chi connectivity index (χ2n) is 6.97. The molecule has 4 heterocycles. The van der Waals surface area contributed by atoms with Crippen molar-refractivity contribution in [1.82, 2.24) is 9.88 Å². The molecule has 1 N–H and O–H groups in total. The quantitative estimate of drug-likeness (QED) is 0.788. The lowest BCUT2D eigenvalue weighted by molar-refractivity contribution is -0.0444. The smallest absolute Gasteiger partial charge is 0.119 e. The minimum atomic E-state index is -0.504. The van der Waals surface area contributed by atoms with Crippen LogP contribution < -0.4 is 4.74 Å². The fraction of sp³-hybridized carbons (Fsp3) is 0.450. The van der Waals surface area contributed by atoms with Crippen LogP contribution in [0.15, 0.2) is 43.1 Å². The summed E-state index contributed by atoms with van der Waals surface area (Å²) in [6.07, 6.45) is 5.62. The summed E-state index contributed by atoms with van der Waals surface area (Å²) < 4.78 is 5.35. The van der Waals surface area contributed by atoms with Crippen LogP contribution >= 0.6 is 17.0 Å². The highest BCUT2D eigenvalue weighted by atomic mass is 79.9. The maximum absolute atomic E-state index is 11.2. The largest absolute Gasteiger partial charge is 0.497 e. The first-order valence-corrected chi connectivity index (χ1v) is 8.68. The van der Waals surface area contributed by atoms with Crippen LogP contribution in [0.1, 0.15) is 24.5 Å². The average molecular weight is 405 g/mol. The van der Waals surface area contributed by atoms with Crippen LogP contribution in [-0.4, -0.2) is 41.2 Å². The van der Waals surface area contributed by atoms with Gasteiger partial charge >= 0.3 is 0 Å². The van der Waals surface area contributed by atoms with Gasteiger partial charge in [-0.1, -0.05) is 6.08 Å². The van der Waals surface area contributed by atoms with Crippen LogP contribution in [0.5, 0.6) is 5.75 Å². The highest BCUT2D eigenvalue weighted by Crippen LogP contribution is 2.42. The molecule has 3 saturated heterocycles. The van der Waals surface area contributed by atoms with E-state index in [0.717, 1.165) is 41.7 Å². The molecule has 3 aliphatic heterocycles. The summed E-state index contributed by atoms with van der Waals surface area (Å²) in [4.78, 5) is 6.86. The third-order valence-corrected chi connectivity index (χ3v) is 5.82. The van der Waals surface area contributed by atoms with Crippen molar-refractivity contribution >= 4 is 27.9 Å². The molecule has 0 radical (unpaired) electrons. The predicted octanol–water partition coefficient (Wildman–Crippen LogP) is 3.75. The Morgan fingerprint density at radius 1 is 1.40 bits per heavy atom. The summed E-state index contributed by atoms with van der Waals surface area (Å²) in [5.41, 5.74) is 1.85. The number of halogens is 1. The van der Waals surface area contributed by atoms with Crippen LogP contribution in [0.25, 0.3) is 10.9 Å². The lowest BCUT2D eigenvalue weighted by Crippen LogP contribution is -2.54. The van der Waals surface area contributed by atoms with E-state index in [0.29, 0.717) is 11.8 Å². The Hall–Kier alpha value is -1.43. The molecule has 4 nitrogen and oxygen atoms in total. The maximum atomic E-state index is 11.2. The van der Waals surface area contributed by atoms with E-state index >= 15 is 0 Å². The molecule has 3 fully saturated rings. The number of aromatic nitrogens is 1. The number of benzene rings is 1. The fourth-order valence-electron chi connectivity index (χ4n) is 4.44. The molecule has 5 heteroatoms. The average Bonchev–Trinajstić information content (AvgIpc) is 2.66. The highest BCUT2D eigenvalue weighted by molar-refractivity contribution is 8.93.